The molecule has 29 heavy (non-hydrogen) atoms. The molecule has 6 heteroatoms. The zero-order valence-electron chi connectivity index (χ0n) is 17.3. The number of hydrogen-bond donors (Lipinski definition) is 2. The maximum Gasteiger partial charge on any atom is 0.325 e. The Morgan fingerprint density at radius 3 is 2.48 bits per heavy atom. The number of nitrogens with one attached hydrogen (secondary N) is 2. The highest BCUT2D eigenvalue weighted by molar-refractivity contribution is 6.09. The third-order valence-electron chi connectivity index (χ3n) is 5.55. The number of hydrogen-bond acceptors (Lipinski definition) is 3. The molecule has 0 radical (unpaired) electrons. The van der Waals surface area contributed by atoms with E-state index in [0.29, 0.717) is 12.0 Å². The lowest BCUT2D eigenvalue weighted by Crippen LogP contribution is -2.45. The van der Waals surface area contributed by atoms with Crippen LogP contribution in [-0.4, -0.2) is 29.3 Å². The van der Waals surface area contributed by atoms with Crippen molar-refractivity contribution in [2.75, 3.05) is 6.54 Å². The molecule has 1 saturated heterocycles. The Labute approximate surface area is 171 Å². The van der Waals surface area contributed by atoms with Crippen LogP contribution in [0.25, 0.3) is 0 Å². The summed E-state index contributed by atoms with van der Waals surface area (Å²) in [5.41, 5.74) is 2.79. The summed E-state index contributed by atoms with van der Waals surface area (Å²) in [6.07, 6.45) is 0.401. The van der Waals surface area contributed by atoms with Crippen LogP contribution in [0.1, 0.15) is 48.6 Å². The fourth-order valence-electron chi connectivity index (χ4n) is 3.87. The van der Waals surface area contributed by atoms with E-state index in [9.17, 15) is 14.4 Å². The molecule has 1 aliphatic heterocycles. The van der Waals surface area contributed by atoms with E-state index < -0.39 is 17.5 Å². The minimum atomic E-state index is -1.13. The smallest absolute Gasteiger partial charge is 0.325 e. The molecule has 1 fully saturated rings. The molecule has 3 rings (SSSR count). The Morgan fingerprint density at radius 2 is 1.83 bits per heavy atom. The van der Waals surface area contributed by atoms with Gasteiger partial charge in [0.25, 0.3) is 5.91 Å². The summed E-state index contributed by atoms with van der Waals surface area (Å²) in [4.78, 5) is 39.3. The van der Waals surface area contributed by atoms with E-state index in [1.165, 1.54) is 0 Å². The molecule has 2 atom stereocenters. The summed E-state index contributed by atoms with van der Waals surface area (Å²) in [7, 11) is 0. The summed E-state index contributed by atoms with van der Waals surface area (Å²) in [5, 5.41) is 5.70. The van der Waals surface area contributed by atoms with Crippen LogP contribution in [0.5, 0.6) is 0 Å². The summed E-state index contributed by atoms with van der Waals surface area (Å²) in [6, 6.07) is 14.4. The molecule has 6 nitrogen and oxygen atoms in total. The fourth-order valence-corrected chi connectivity index (χ4v) is 3.87. The number of aryl methyl sites for hydroxylation is 2. The minimum absolute atomic E-state index is 0.228. The molecule has 2 N–H and O–H groups in total. The van der Waals surface area contributed by atoms with Crippen molar-refractivity contribution in [1.29, 1.82) is 0 Å². The lowest BCUT2D eigenvalue weighted by atomic mass is 9.87. The van der Waals surface area contributed by atoms with Gasteiger partial charge in [0.15, 0.2) is 0 Å². The maximum absolute atomic E-state index is 13.1. The topological polar surface area (TPSA) is 78.5 Å². The highest BCUT2D eigenvalue weighted by Crippen LogP contribution is 2.32. The minimum Gasteiger partial charge on any atom is -0.348 e. The second kappa shape index (κ2) is 8.07. The third-order valence-corrected chi connectivity index (χ3v) is 5.55. The Bertz CT molecular complexity index is 942. The second-order valence-corrected chi connectivity index (χ2v) is 7.60. The van der Waals surface area contributed by atoms with Gasteiger partial charge in [-0.15, -0.1) is 0 Å². The fraction of sp³-hybridized carbons (Fsp3) is 0.348. The SMILES string of the molecule is CCC1(c2ccccc2)NC(=O)N(CC(=O)NC(C)c2cc(C)ccc2C)C1=O. The van der Waals surface area contributed by atoms with Gasteiger partial charge in [-0.1, -0.05) is 61.0 Å². The molecular weight excluding hydrogens is 366 g/mol. The van der Waals surface area contributed by atoms with Crippen LogP contribution in [0.15, 0.2) is 48.5 Å². The Balaban J connectivity index is 1.74. The highest BCUT2D eigenvalue weighted by Gasteiger charge is 2.51. The van der Waals surface area contributed by atoms with Crippen molar-refractivity contribution in [3.8, 4) is 0 Å². The van der Waals surface area contributed by atoms with Crippen LogP contribution < -0.4 is 10.6 Å². The van der Waals surface area contributed by atoms with Gasteiger partial charge in [-0.05, 0) is 43.9 Å². The molecular formula is C23H27N3O3. The highest BCUT2D eigenvalue weighted by atomic mass is 16.2. The number of urea groups is 1. The number of amides is 4. The molecule has 2 unspecified atom stereocenters. The van der Waals surface area contributed by atoms with Gasteiger partial charge in [-0.3, -0.25) is 14.5 Å². The monoisotopic (exact) mass is 393 g/mol. The van der Waals surface area contributed by atoms with Gasteiger partial charge in [-0.2, -0.15) is 0 Å². The number of carbonyl (C=O) groups excluding carboxylic acids is 3. The zero-order valence-corrected chi connectivity index (χ0v) is 17.3. The maximum atomic E-state index is 13.1. The summed E-state index contributed by atoms with van der Waals surface area (Å²) < 4.78 is 0. The first-order chi connectivity index (χ1) is 13.8. The lowest BCUT2D eigenvalue weighted by molar-refractivity contribution is -0.135. The molecule has 0 bridgehead atoms. The van der Waals surface area contributed by atoms with Crippen molar-refractivity contribution in [1.82, 2.24) is 15.5 Å². The van der Waals surface area contributed by atoms with Crippen LogP contribution in [0.2, 0.25) is 0 Å². The number of nitrogens with zero attached hydrogens (tertiary/aromatic N) is 1. The number of rotatable bonds is 6. The van der Waals surface area contributed by atoms with E-state index in [4.69, 9.17) is 0 Å². The van der Waals surface area contributed by atoms with Crippen molar-refractivity contribution >= 4 is 17.8 Å². The first-order valence-electron chi connectivity index (χ1n) is 9.84. The second-order valence-electron chi connectivity index (χ2n) is 7.60. The number of imide groups is 1. The van der Waals surface area contributed by atoms with Gasteiger partial charge in [0, 0.05) is 0 Å². The summed E-state index contributed by atoms with van der Waals surface area (Å²) in [5.74, 6) is -0.771. The van der Waals surface area contributed by atoms with Crippen molar-refractivity contribution in [3.05, 3.63) is 70.8 Å². The standard InChI is InChI=1S/C23H27N3O3/c1-5-23(18-9-7-6-8-10-18)21(28)26(22(29)25-23)14-20(27)24-17(4)19-13-15(2)11-12-16(19)3/h6-13,17H,5,14H2,1-4H3,(H,24,27)(H,25,29). The van der Waals surface area contributed by atoms with Crippen LogP contribution in [-0.2, 0) is 15.1 Å². The van der Waals surface area contributed by atoms with Crippen molar-refractivity contribution < 1.29 is 14.4 Å². The predicted molar refractivity (Wildman–Crippen MR) is 111 cm³/mol. The van der Waals surface area contributed by atoms with Crippen molar-refractivity contribution in [2.24, 2.45) is 0 Å². The average molecular weight is 393 g/mol. The molecule has 1 aliphatic rings. The third kappa shape index (κ3) is 3.88. The number of benzene rings is 2. The summed E-state index contributed by atoms with van der Waals surface area (Å²) >= 11 is 0. The van der Waals surface area contributed by atoms with Gasteiger partial charge >= 0.3 is 6.03 Å². The van der Waals surface area contributed by atoms with E-state index in [1.54, 1.807) is 0 Å². The Kier molecular flexibility index (Phi) is 5.73. The van der Waals surface area contributed by atoms with E-state index in [-0.39, 0.29) is 18.5 Å². The zero-order chi connectivity index (χ0) is 21.2. The van der Waals surface area contributed by atoms with Crippen LogP contribution in [0, 0.1) is 13.8 Å². The number of carbonyl (C=O) groups is 3. The Hall–Kier alpha value is -3.15. The van der Waals surface area contributed by atoms with Gasteiger partial charge in [0.2, 0.25) is 5.91 Å². The van der Waals surface area contributed by atoms with E-state index in [0.717, 1.165) is 21.6 Å². The molecule has 2 aromatic carbocycles. The predicted octanol–water partition coefficient (Wildman–Crippen LogP) is 3.34. The molecule has 4 amide bonds. The average Bonchev–Trinajstić information content (AvgIpc) is 2.95. The Morgan fingerprint density at radius 1 is 1.14 bits per heavy atom. The quantitative estimate of drug-likeness (QED) is 0.739. The van der Waals surface area contributed by atoms with E-state index in [1.807, 2.05) is 76.2 Å². The first kappa shape index (κ1) is 20.6. The lowest BCUT2D eigenvalue weighted by Gasteiger charge is -2.25. The summed E-state index contributed by atoms with van der Waals surface area (Å²) in [6.45, 7) is 7.42. The normalized spacial score (nSPS) is 19.8. The molecule has 1 heterocycles. The van der Waals surface area contributed by atoms with Gasteiger partial charge < -0.3 is 10.6 Å². The van der Waals surface area contributed by atoms with Crippen LogP contribution >= 0.6 is 0 Å². The first-order valence-corrected chi connectivity index (χ1v) is 9.84. The van der Waals surface area contributed by atoms with Crippen molar-refractivity contribution in [2.45, 2.75) is 45.7 Å². The largest absolute Gasteiger partial charge is 0.348 e. The molecule has 0 aliphatic carbocycles. The molecule has 2 aromatic rings. The molecule has 152 valence electrons. The van der Waals surface area contributed by atoms with Crippen molar-refractivity contribution in [3.63, 3.8) is 0 Å². The van der Waals surface area contributed by atoms with Gasteiger partial charge in [0.1, 0.15) is 12.1 Å². The molecule has 0 saturated carbocycles. The van der Waals surface area contributed by atoms with Crippen LogP contribution in [0.3, 0.4) is 0 Å². The molecule has 0 spiro atoms. The molecule has 0 aromatic heterocycles. The van der Waals surface area contributed by atoms with E-state index in [2.05, 4.69) is 10.6 Å². The van der Waals surface area contributed by atoms with Crippen LogP contribution in [0.4, 0.5) is 4.79 Å². The van der Waals surface area contributed by atoms with E-state index >= 15 is 0 Å². The van der Waals surface area contributed by atoms with Gasteiger partial charge in [0.05, 0.1) is 6.04 Å². The van der Waals surface area contributed by atoms with Gasteiger partial charge in [-0.25, -0.2) is 4.79 Å².